The molecule has 1 aliphatic rings. The summed E-state index contributed by atoms with van der Waals surface area (Å²) >= 11 is 0. The highest BCUT2D eigenvalue weighted by atomic mass is 16.4. The highest BCUT2D eigenvalue weighted by Crippen LogP contribution is 2.30. The lowest BCUT2D eigenvalue weighted by Gasteiger charge is -2.32. The van der Waals surface area contributed by atoms with Gasteiger partial charge in [0, 0.05) is 17.8 Å². The molecule has 0 spiro atoms. The van der Waals surface area contributed by atoms with Crippen molar-refractivity contribution in [3.63, 3.8) is 0 Å². The summed E-state index contributed by atoms with van der Waals surface area (Å²) in [6.07, 6.45) is 2.39. The predicted octanol–water partition coefficient (Wildman–Crippen LogP) is 2.62. The Bertz CT molecular complexity index is 514. The summed E-state index contributed by atoms with van der Waals surface area (Å²) < 4.78 is 5.59. The van der Waals surface area contributed by atoms with Gasteiger partial charge in [-0.1, -0.05) is 6.92 Å². The summed E-state index contributed by atoms with van der Waals surface area (Å²) in [5.41, 5.74) is 7.98. The SMILES string of the molecule is CC1CC(Nc2nc3ccc(N)cc3o2)C1. The fraction of sp³-hybridized carbons (Fsp3) is 0.417. The van der Waals surface area contributed by atoms with Gasteiger partial charge in [0.15, 0.2) is 5.58 Å². The van der Waals surface area contributed by atoms with Crippen LogP contribution in [0.3, 0.4) is 0 Å². The molecule has 1 saturated carbocycles. The highest BCUT2D eigenvalue weighted by molar-refractivity contribution is 5.78. The molecule has 0 amide bonds. The van der Waals surface area contributed by atoms with Crippen LogP contribution >= 0.6 is 0 Å². The Balaban J connectivity index is 1.82. The van der Waals surface area contributed by atoms with E-state index in [0.29, 0.717) is 17.7 Å². The molecule has 0 radical (unpaired) electrons. The standard InChI is InChI=1S/C12H15N3O/c1-7-4-9(5-7)14-12-15-10-3-2-8(13)6-11(10)16-12/h2-3,6-7,9H,4-5,13H2,1H3,(H,14,15). The minimum atomic E-state index is 0.514. The van der Waals surface area contributed by atoms with Gasteiger partial charge < -0.3 is 15.5 Å². The number of oxazole rings is 1. The van der Waals surface area contributed by atoms with E-state index in [0.717, 1.165) is 17.0 Å². The predicted molar refractivity (Wildman–Crippen MR) is 64.2 cm³/mol. The number of rotatable bonds is 2. The van der Waals surface area contributed by atoms with Gasteiger partial charge in [-0.15, -0.1) is 0 Å². The van der Waals surface area contributed by atoms with Gasteiger partial charge in [0.1, 0.15) is 5.52 Å². The minimum absolute atomic E-state index is 0.514. The quantitative estimate of drug-likeness (QED) is 0.759. The molecular formula is C12H15N3O. The lowest BCUT2D eigenvalue weighted by atomic mass is 9.82. The lowest BCUT2D eigenvalue weighted by Crippen LogP contribution is -2.33. The summed E-state index contributed by atoms with van der Waals surface area (Å²) in [7, 11) is 0. The third-order valence-corrected chi connectivity index (χ3v) is 3.11. The van der Waals surface area contributed by atoms with Gasteiger partial charge in [-0.05, 0) is 30.9 Å². The fourth-order valence-electron chi connectivity index (χ4n) is 2.20. The van der Waals surface area contributed by atoms with Crippen molar-refractivity contribution in [2.24, 2.45) is 5.92 Å². The van der Waals surface area contributed by atoms with Crippen molar-refractivity contribution in [2.75, 3.05) is 11.1 Å². The molecule has 3 rings (SSSR count). The zero-order chi connectivity index (χ0) is 11.1. The van der Waals surface area contributed by atoms with E-state index in [1.54, 1.807) is 6.07 Å². The molecule has 1 heterocycles. The Kier molecular flexibility index (Phi) is 2.02. The smallest absolute Gasteiger partial charge is 0.295 e. The van der Waals surface area contributed by atoms with Crippen molar-refractivity contribution < 1.29 is 4.42 Å². The number of nitrogens with zero attached hydrogens (tertiary/aromatic N) is 1. The molecule has 2 aromatic rings. The zero-order valence-corrected chi connectivity index (χ0v) is 9.23. The minimum Gasteiger partial charge on any atom is -0.423 e. The van der Waals surface area contributed by atoms with Crippen molar-refractivity contribution >= 4 is 22.8 Å². The van der Waals surface area contributed by atoms with Crippen LogP contribution in [-0.2, 0) is 0 Å². The summed E-state index contributed by atoms with van der Waals surface area (Å²) in [4.78, 5) is 4.37. The fourth-order valence-corrected chi connectivity index (χ4v) is 2.20. The number of nitrogen functional groups attached to an aromatic ring is 1. The first kappa shape index (κ1) is 9.51. The number of aromatic nitrogens is 1. The van der Waals surface area contributed by atoms with E-state index in [2.05, 4.69) is 17.2 Å². The third kappa shape index (κ3) is 1.60. The van der Waals surface area contributed by atoms with Crippen LogP contribution in [0.25, 0.3) is 11.1 Å². The molecule has 4 nitrogen and oxygen atoms in total. The van der Waals surface area contributed by atoms with Gasteiger partial charge in [0.2, 0.25) is 0 Å². The molecular weight excluding hydrogens is 202 g/mol. The Morgan fingerprint density at radius 3 is 3.00 bits per heavy atom. The Morgan fingerprint density at radius 2 is 2.25 bits per heavy atom. The average Bonchev–Trinajstić information content (AvgIpc) is 2.57. The van der Waals surface area contributed by atoms with E-state index in [1.807, 2.05) is 12.1 Å². The van der Waals surface area contributed by atoms with Crippen LogP contribution in [0.1, 0.15) is 19.8 Å². The second-order valence-electron chi connectivity index (χ2n) is 4.66. The van der Waals surface area contributed by atoms with Crippen LogP contribution in [0.2, 0.25) is 0 Å². The lowest BCUT2D eigenvalue weighted by molar-refractivity contribution is 0.304. The Morgan fingerprint density at radius 1 is 1.44 bits per heavy atom. The van der Waals surface area contributed by atoms with Crippen LogP contribution in [0.4, 0.5) is 11.7 Å². The van der Waals surface area contributed by atoms with E-state index in [9.17, 15) is 0 Å². The number of fused-ring (bicyclic) bond motifs is 1. The van der Waals surface area contributed by atoms with Crippen LogP contribution in [0.15, 0.2) is 22.6 Å². The highest BCUT2D eigenvalue weighted by Gasteiger charge is 2.26. The molecule has 1 aromatic carbocycles. The molecule has 84 valence electrons. The second-order valence-corrected chi connectivity index (χ2v) is 4.66. The summed E-state index contributed by atoms with van der Waals surface area (Å²) in [5, 5.41) is 3.30. The van der Waals surface area contributed by atoms with Gasteiger partial charge >= 0.3 is 0 Å². The van der Waals surface area contributed by atoms with Gasteiger partial charge in [-0.2, -0.15) is 4.98 Å². The van der Waals surface area contributed by atoms with Gasteiger partial charge in [0.25, 0.3) is 6.01 Å². The molecule has 0 aliphatic heterocycles. The Hall–Kier alpha value is -1.71. The van der Waals surface area contributed by atoms with E-state index < -0.39 is 0 Å². The van der Waals surface area contributed by atoms with Gasteiger partial charge in [-0.25, -0.2) is 0 Å². The van der Waals surface area contributed by atoms with Crippen LogP contribution < -0.4 is 11.1 Å². The largest absolute Gasteiger partial charge is 0.423 e. The number of benzene rings is 1. The molecule has 0 atom stereocenters. The molecule has 4 heteroatoms. The molecule has 1 fully saturated rings. The van der Waals surface area contributed by atoms with Crippen molar-refractivity contribution in [3.05, 3.63) is 18.2 Å². The average molecular weight is 217 g/mol. The first-order valence-corrected chi connectivity index (χ1v) is 5.63. The van der Waals surface area contributed by atoms with E-state index in [4.69, 9.17) is 10.2 Å². The molecule has 1 aliphatic carbocycles. The molecule has 1 aromatic heterocycles. The number of anilines is 2. The monoisotopic (exact) mass is 217 g/mol. The summed E-state index contributed by atoms with van der Waals surface area (Å²) in [6.45, 7) is 2.25. The van der Waals surface area contributed by atoms with Crippen molar-refractivity contribution in [2.45, 2.75) is 25.8 Å². The number of hydrogen-bond donors (Lipinski definition) is 2. The Labute approximate surface area is 93.8 Å². The second kappa shape index (κ2) is 3.40. The first-order valence-electron chi connectivity index (χ1n) is 5.63. The summed E-state index contributed by atoms with van der Waals surface area (Å²) in [5.74, 6) is 0.817. The number of nitrogens with one attached hydrogen (secondary N) is 1. The summed E-state index contributed by atoms with van der Waals surface area (Å²) in [6, 6.07) is 6.64. The third-order valence-electron chi connectivity index (χ3n) is 3.11. The van der Waals surface area contributed by atoms with Gasteiger partial charge in [0.05, 0.1) is 0 Å². The van der Waals surface area contributed by atoms with Gasteiger partial charge in [-0.3, -0.25) is 0 Å². The van der Waals surface area contributed by atoms with Crippen molar-refractivity contribution in [3.8, 4) is 0 Å². The first-order chi connectivity index (χ1) is 7.70. The topological polar surface area (TPSA) is 64.1 Å². The van der Waals surface area contributed by atoms with Crippen molar-refractivity contribution in [1.82, 2.24) is 4.98 Å². The number of nitrogens with two attached hydrogens (primary N) is 1. The van der Waals surface area contributed by atoms with E-state index in [-0.39, 0.29) is 0 Å². The van der Waals surface area contributed by atoms with Crippen LogP contribution in [0.5, 0.6) is 0 Å². The maximum atomic E-state index is 5.68. The maximum absolute atomic E-state index is 5.68. The zero-order valence-electron chi connectivity index (χ0n) is 9.23. The normalized spacial score (nSPS) is 24.3. The molecule has 16 heavy (non-hydrogen) atoms. The van der Waals surface area contributed by atoms with Crippen LogP contribution in [-0.4, -0.2) is 11.0 Å². The maximum Gasteiger partial charge on any atom is 0.295 e. The molecule has 0 bridgehead atoms. The molecule has 0 unspecified atom stereocenters. The van der Waals surface area contributed by atoms with Crippen LogP contribution in [0, 0.1) is 5.92 Å². The van der Waals surface area contributed by atoms with E-state index in [1.165, 1.54) is 12.8 Å². The molecule has 3 N–H and O–H groups in total. The molecule has 0 saturated heterocycles. The number of hydrogen-bond acceptors (Lipinski definition) is 4. The van der Waals surface area contributed by atoms with Crippen molar-refractivity contribution in [1.29, 1.82) is 0 Å². The van der Waals surface area contributed by atoms with E-state index >= 15 is 0 Å².